The molecule has 1 aliphatic carbocycles. The zero-order chi connectivity index (χ0) is 15.1. The SMILES string of the molecule is C=CC(=O)OCCNC(=O)OC1(C2CCCC2)CCOC1. The maximum Gasteiger partial charge on any atom is 0.407 e. The fraction of sp³-hybridized carbons (Fsp3) is 0.733. The van der Waals surface area contributed by atoms with Crippen molar-refractivity contribution < 1.29 is 23.8 Å². The fourth-order valence-corrected chi connectivity index (χ4v) is 3.08. The molecule has 1 N–H and O–H groups in total. The third-order valence-electron chi connectivity index (χ3n) is 4.19. The summed E-state index contributed by atoms with van der Waals surface area (Å²) in [5.74, 6) is -0.110. The molecule has 1 aliphatic heterocycles. The van der Waals surface area contributed by atoms with Gasteiger partial charge < -0.3 is 19.5 Å². The van der Waals surface area contributed by atoms with Gasteiger partial charge in [-0.2, -0.15) is 0 Å². The molecule has 118 valence electrons. The van der Waals surface area contributed by atoms with Gasteiger partial charge in [0.25, 0.3) is 0 Å². The summed E-state index contributed by atoms with van der Waals surface area (Å²) in [6.07, 6.45) is 5.94. The molecular formula is C15H23NO5. The van der Waals surface area contributed by atoms with Crippen LogP contribution in [0.15, 0.2) is 12.7 Å². The molecule has 2 rings (SSSR count). The first-order valence-corrected chi connectivity index (χ1v) is 7.50. The minimum Gasteiger partial charge on any atom is -0.461 e. The van der Waals surface area contributed by atoms with Gasteiger partial charge in [0.2, 0.25) is 0 Å². The Kier molecular flexibility index (Phi) is 5.61. The van der Waals surface area contributed by atoms with Gasteiger partial charge >= 0.3 is 12.1 Å². The molecule has 0 aromatic heterocycles. The fourth-order valence-electron chi connectivity index (χ4n) is 3.08. The van der Waals surface area contributed by atoms with Crippen molar-refractivity contribution >= 4 is 12.1 Å². The zero-order valence-electron chi connectivity index (χ0n) is 12.3. The number of carbonyl (C=O) groups excluding carboxylic acids is 2. The predicted octanol–water partition coefficient (Wildman–Crippen LogP) is 1.79. The van der Waals surface area contributed by atoms with Crippen molar-refractivity contribution in [2.75, 3.05) is 26.4 Å². The van der Waals surface area contributed by atoms with Gasteiger partial charge in [0.15, 0.2) is 0 Å². The molecule has 0 aromatic carbocycles. The first kappa shape index (κ1) is 15.8. The van der Waals surface area contributed by atoms with Crippen LogP contribution < -0.4 is 5.32 Å². The molecular weight excluding hydrogens is 274 g/mol. The summed E-state index contributed by atoms with van der Waals surface area (Å²) >= 11 is 0. The Hall–Kier alpha value is -1.56. The van der Waals surface area contributed by atoms with Gasteiger partial charge in [-0.1, -0.05) is 19.4 Å². The largest absolute Gasteiger partial charge is 0.461 e. The highest BCUT2D eigenvalue weighted by Crippen LogP contribution is 2.41. The highest BCUT2D eigenvalue weighted by molar-refractivity contribution is 5.81. The van der Waals surface area contributed by atoms with Crippen LogP contribution in [0.5, 0.6) is 0 Å². The average Bonchev–Trinajstić information content (AvgIpc) is 3.14. The van der Waals surface area contributed by atoms with Crippen molar-refractivity contribution in [1.29, 1.82) is 0 Å². The van der Waals surface area contributed by atoms with Crippen molar-refractivity contribution in [3.63, 3.8) is 0 Å². The molecule has 0 aromatic rings. The second kappa shape index (κ2) is 7.45. The first-order chi connectivity index (χ1) is 10.2. The molecule has 1 amide bonds. The van der Waals surface area contributed by atoms with Crippen molar-refractivity contribution in [2.24, 2.45) is 5.92 Å². The lowest BCUT2D eigenvalue weighted by Crippen LogP contribution is -2.45. The Morgan fingerprint density at radius 3 is 2.76 bits per heavy atom. The molecule has 0 radical (unpaired) electrons. The lowest BCUT2D eigenvalue weighted by atomic mass is 9.85. The van der Waals surface area contributed by atoms with E-state index in [-0.39, 0.29) is 13.2 Å². The molecule has 6 heteroatoms. The summed E-state index contributed by atoms with van der Waals surface area (Å²) in [5.41, 5.74) is -0.474. The Morgan fingerprint density at radius 2 is 2.14 bits per heavy atom. The topological polar surface area (TPSA) is 73.9 Å². The Labute approximate surface area is 124 Å². The van der Waals surface area contributed by atoms with Crippen LogP contribution in [-0.4, -0.2) is 44.0 Å². The minimum absolute atomic E-state index is 0.104. The molecule has 6 nitrogen and oxygen atoms in total. The number of carbonyl (C=O) groups is 2. The molecule has 0 bridgehead atoms. The van der Waals surface area contributed by atoms with Gasteiger partial charge in [-0.3, -0.25) is 0 Å². The molecule has 1 atom stereocenters. The zero-order valence-corrected chi connectivity index (χ0v) is 12.3. The Bertz CT molecular complexity index is 384. The minimum atomic E-state index is -0.503. The highest BCUT2D eigenvalue weighted by atomic mass is 16.6. The summed E-state index contributed by atoms with van der Waals surface area (Å²) in [4.78, 5) is 22.8. The van der Waals surface area contributed by atoms with Crippen molar-refractivity contribution in [1.82, 2.24) is 5.32 Å². The van der Waals surface area contributed by atoms with Crippen molar-refractivity contribution in [2.45, 2.75) is 37.7 Å². The number of hydrogen-bond acceptors (Lipinski definition) is 5. The molecule has 1 saturated carbocycles. The standard InChI is InChI=1S/C15H23NO5/c1-2-13(17)20-10-8-16-14(18)21-15(7-9-19-11-15)12-5-3-4-6-12/h2,12H,1,3-11H2,(H,16,18). The van der Waals surface area contributed by atoms with Gasteiger partial charge in [0.1, 0.15) is 12.2 Å². The van der Waals surface area contributed by atoms with E-state index in [1.54, 1.807) is 0 Å². The van der Waals surface area contributed by atoms with Crippen LogP contribution >= 0.6 is 0 Å². The third-order valence-corrected chi connectivity index (χ3v) is 4.19. The number of rotatable bonds is 6. The van der Waals surface area contributed by atoms with Gasteiger partial charge in [-0.15, -0.1) is 0 Å². The lowest BCUT2D eigenvalue weighted by molar-refractivity contribution is -0.137. The maximum absolute atomic E-state index is 11.9. The Morgan fingerprint density at radius 1 is 1.38 bits per heavy atom. The Balaban J connectivity index is 1.76. The highest BCUT2D eigenvalue weighted by Gasteiger charge is 2.46. The lowest BCUT2D eigenvalue weighted by Gasteiger charge is -2.33. The summed E-state index contributed by atoms with van der Waals surface area (Å²) in [6, 6.07) is 0. The van der Waals surface area contributed by atoms with Gasteiger partial charge in [0.05, 0.1) is 19.8 Å². The van der Waals surface area contributed by atoms with E-state index in [0.29, 0.717) is 19.1 Å². The van der Waals surface area contributed by atoms with Crippen molar-refractivity contribution in [3.05, 3.63) is 12.7 Å². The van der Waals surface area contributed by atoms with Crippen LogP contribution in [0.3, 0.4) is 0 Å². The first-order valence-electron chi connectivity index (χ1n) is 7.50. The number of ether oxygens (including phenoxy) is 3. The van der Waals surface area contributed by atoms with Crippen LogP contribution in [0.4, 0.5) is 4.79 Å². The van der Waals surface area contributed by atoms with E-state index in [9.17, 15) is 9.59 Å². The second-order valence-corrected chi connectivity index (χ2v) is 5.54. The van der Waals surface area contributed by atoms with Crippen LogP contribution in [-0.2, 0) is 19.0 Å². The van der Waals surface area contributed by atoms with E-state index in [2.05, 4.69) is 11.9 Å². The molecule has 1 saturated heterocycles. The van der Waals surface area contributed by atoms with Crippen molar-refractivity contribution in [3.8, 4) is 0 Å². The van der Waals surface area contributed by atoms with E-state index >= 15 is 0 Å². The van der Waals surface area contributed by atoms with E-state index in [4.69, 9.17) is 14.2 Å². The quantitative estimate of drug-likeness (QED) is 0.459. The molecule has 1 unspecified atom stereocenters. The summed E-state index contributed by atoms with van der Waals surface area (Å²) < 4.78 is 15.9. The molecule has 0 spiro atoms. The summed E-state index contributed by atoms with van der Waals surface area (Å²) in [6.45, 7) is 4.74. The summed E-state index contributed by atoms with van der Waals surface area (Å²) in [7, 11) is 0. The normalized spacial score (nSPS) is 25.5. The monoisotopic (exact) mass is 297 g/mol. The molecule has 21 heavy (non-hydrogen) atoms. The third kappa shape index (κ3) is 4.20. The van der Waals surface area contributed by atoms with Crippen LogP contribution in [0, 0.1) is 5.92 Å². The smallest absolute Gasteiger partial charge is 0.407 e. The average molecular weight is 297 g/mol. The number of amides is 1. The van der Waals surface area contributed by atoms with Gasteiger partial charge in [-0.05, 0) is 12.8 Å². The van der Waals surface area contributed by atoms with E-state index in [0.717, 1.165) is 25.3 Å². The summed E-state index contributed by atoms with van der Waals surface area (Å²) in [5, 5.41) is 2.61. The second-order valence-electron chi connectivity index (χ2n) is 5.54. The van der Waals surface area contributed by atoms with Crippen LogP contribution in [0.25, 0.3) is 0 Å². The molecule has 2 aliphatic rings. The van der Waals surface area contributed by atoms with E-state index < -0.39 is 17.7 Å². The van der Waals surface area contributed by atoms with Gasteiger partial charge in [0, 0.05) is 18.4 Å². The predicted molar refractivity (Wildman–Crippen MR) is 75.8 cm³/mol. The van der Waals surface area contributed by atoms with Crippen LogP contribution in [0.2, 0.25) is 0 Å². The number of nitrogens with one attached hydrogen (secondary N) is 1. The number of hydrogen-bond donors (Lipinski definition) is 1. The van der Waals surface area contributed by atoms with E-state index in [1.807, 2.05) is 0 Å². The molecule has 2 fully saturated rings. The maximum atomic E-state index is 11.9. The number of esters is 1. The van der Waals surface area contributed by atoms with Gasteiger partial charge in [-0.25, -0.2) is 9.59 Å². The number of alkyl carbamates (subject to hydrolysis) is 1. The molecule has 1 heterocycles. The van der Waals surface area contributed by atoms with E-state index in [1.165, 1.54) is 12.8 Å². The van der Waals surface area contributed by atoms with Crippen LogP contribution in [0.1, 0.15) is 32.1 Å².